The van der Waals surface area contributed by atoms with Gasteiger partial charge in [-0.25, -0.2) is 9.78 Å². The van der Waals surface area contributed by atoms with Crippen molar-refractivity contribution in [1.29, 1.82) is 0 Å². The summed E-state index contributed by atoms with van der Waals surface area (Å²) in [5, 5.41) is 9.78. The number of aromatic carboxylic acids is 1. The Morgan fingerprint density at radius 3 is 2.85 bits per heavy atom. The molecule has 13 heavy (non-hydrogen) atoms. The maximum Gasteiger partial charge on any atom is 0.339 e. The highest BCUT2D eigenvalue weighted by Crippen LogP contribution is 2.26. The van der Waals surface area contributed by atoms with E-state index in [9.17, 15) is 4.79 Å². The van der Waals surface area contributed by atoms with Crippen LogP contribution < -0.4 is 0 Å². The summed E-state index contributed by atoms with van der Waals surface area (Å²) in [6.45, 7) is 3.60. The SMILES string of the molecule is Cc1nc2c(C(=O)O)c(C)[nH]c2s1. The molecule has 0 fully saturated rings. The highest BCUT2D eigenvalue weighted by Gasteiger charge is 2.17. The first kappa shape index (κ1) is 8.25. The Labute approximate surface area is 78.2 Å². The molecule has 2 heterocycles. The van der Waals surface area contributed by atoms with Gasteiger partial charge in [-0.1, -0.05) is 0 Å². The van der Waals surface area contributed by atoms with Gasteiger partial charge in [-0.05, 0) is 13.8 Å². The zero-order valence-electron chi connectivity index (χ0n) is 7.21. The summed E-state index contributed by atoms with van der Waals surface area (Å²) in [6.07, 6.45) is 0. The second-order valence-corrected chi connectivity index (χ2v) is 4.04. The Balaban J connectivity index is 2.83. The number of aromatic amines is 1. The molecule has 68 valence electrons. The van der Waals surface area contributed by atoms with Crippen molar-refractivity contribution in [3.63, 3.8) is 0 Å². The molecule has 0 aliphatic heterocycles. The number of fused-ring (bicyclic) bond motifs is 1. The molecule has 2 aromatic heterocycles. The first-order valence-electron chi connectivity index (χ1n) is 3.78. The number of thiazole rings is 1. The van der Waals surface area contributed by atoms with Crippen LogP contribution in [0.3, 0.4) is 0 Å². The fourth-order valence-corrected chi connectivity index (χ4v) is 2.23. The average molecular weight is 196 g/mol. The lowest BCUT2D eigenvalue weighted by molar-refractivity contribution is 0.0698. The number of carbonyl (C=O) groups is 1. The minimum Gasteiger partial charge on any atom is -0.478 e. The van der Waals surface area contributed by atoms with Crippen molar-refractivity contribution >= 4 is 27.7 Å². The minimum absolute atomic E-state index is 0.291. The number of nitrogens with zero attached hydrogens (tertiary/aromatic N) is 1. The lowest BCUT2D eigenvalue weighted by Crippen LogP contribution is -1.97. The molecule has 2 N–H and O–H groups in total. The second-order valence-electron chi connectivity index (χ2n) is 2.84. The monoisotopic (exact) mass is 196 g/mol. The predicted molar refractivity (Wildman–Crippen MR) is 50.4 cm³/mol. The summed E-state index contributed by atoms with van der Waals surface area (Å²) >= 11 is 1.47. The van der Waals surface area contributed by atoms with E-state index in [1.54, 1.807) is 6.92 Å². The Bertz CT molecular complexity index is 484. The first-order chi connectivity index (χ1) is 6.09. The normalized spacial score (nSPS) is 10.9. The van der Waals surface area contributed by atoms with E-state index in [0.29, 0.717) is 16.8 Å². The molecular formula is C8H8N2O2S. The quantitative estimate of drug-likeness (QED) is 0.732. The van der Waals surface area contributed by atoms with Crippen molar-refractivity contribution in [2.24, 2.45) is 0 Å². The number of aryl methyl sites for hydroxylation is 2. The Morgan fingerprint density at radius 1 is 1.54 bits per heavy atom. The third kappa shape index (κ3) is 1.12. The van der Waals surface area contributed by atoms with Crippen molar-refractivity contribution in [2.45, 2.75) is 13.8 Å². The molecule has 5 heteroatoms. The van der Waals surface area contributed by atoms with Gasteiger partial charge in [0.15, 0.2) is 0 Å². The zero-order valence-corrected chi connectivity index (χ0v) is 8.03. The summed E-state index contributed by atoms with van der Waals surface area (Å²) in [4.78, 5) is 18.9. The second kappa shape index (κ2) is 2.56. The number of carboxylic acids is 1. The minimum atomic E-state index is -0.922. The van der Waals surface area contributed by atoms with Crippen LogP contribution in [0.5, 0.6) is 0 Å². The number of H-pyrrole nitrogens is 1. The molecule has 0 atom stereocenters. The summed E-state index contributed by atoms with van der Waals surface area (Å²) in [5.74, 6) is -0.922. The maximum atomic E-state index is 10.9. The fraction of sp³-hybridized carbons (Fsp3) is 0.250. The van der Waals surface area contributed by atoms with E-state index in [0.717, 1.165) is 9.84 Å². The van der Waals surface area contributed by atoms with Gasteiger partial charge in [-0.15, -0.1) is 11.3 Å². The molecule has 0 spiro atoms. The standard InChI is InChI=1S/C8H8N2O2S/c1-3-5(8(11)12)6-7(9-3)13-4(2)10-6/h9H,1-2H3,(H,11,12). The first-order valence-corrected chi connectivity index (χ1v) is 4.60. The van der Waals surface area contributed by atoms with Crippen molar-refractivity contribution in [1.82, 2.24) is 9.97 Å². The van der Waals surface area contributed by atoms with E-state index in [2.05, 4.69) is 9.97 Å². The third-order valence-corrected chi connectivity index (χ3v) is 2.75. The van der Waals surface area contributed by atoms with Crippen LogP contribution in [0.25, 0.3) is 10.3 Å². The third-order valence-electron chi connectivity index (χ3n) is 1.86. The summed E-state index contributed by atoms with van der Waals surface area (Å²) in [5.41, 5.74) is 1.54. The molecule has 0 saturated carbocycles. The van der Waals surface area contributed by atoms with Crippen LogP contribution in [-0.4, -0.2) is 21.0 Å². The van der Waals surface area contributed by atoms with Gasteiger partial charge in [0.2, 0.25) is 0 Å². The summed E-state index contributed by atoms with van der Waals surface area (Å²) in [6, 6.07) is 0. The van der Waals surface area contributed by atoms with E-state index in [1.165, 1.54) is 11.3 Å². The van der Waals surface area contributed by atoms with Gasteiger partial charge >= 0.3 is 5.97 Å². The number of aromatic nitrogens is 2. The Morgan fingerprint density at radius 2 is 2.23 bits per heavy atom. The van der Waals surface area contributed by atoms with Crippen LogP contribution in [-0.2, 0) is 0 Å². The van der Waals surface area contributed by atoms with Crippen LogP contribution in [0.1, 0.15) is 21.1 Å². The van der Waals surface area contributed by atoms with Gasteiger partial charge in [0.1, 0.15) is 15.9 Å². The van der Waals surface area contributed by atoms with Crippen molar-refractivity contribution in [2.75, 3.05) is 0 Å². The van der Waals surface area contributed by atoms with Crippen LogP contribution in [0.2, 0.25) is 0 Å². The van der Waals surface area contributed by atoms with Gasteiger partial charge in [0, 0.05) is 5.69 Å². The molecule has 0 unspecified atom stereocenters. The molecule has 0 amide bonds. The molecule has 0 radical (unpaired) electrons. The summed E-state index contributed by atoms with van der Waals surface area (Å²) < 4.78 is 0. The number of nitrogens with one attached hydrogen (secondary N) is 1. The average Bonchev–Trinajstić information content (AvgIpc) is 2.41. The molecule has 0 aliphatic rings. The van der Waals surface area contributed by atoms with Crippen LogP contribution in [0.4, 0.5) is 0 Å². The molecule has 2 aromatic rings. The lowest BCUT2D eigenvalue weighted by Gasteiger charge is -1.89. The smallest absolute Gasteiger partial charge is 0.339 e. The molecule has 0 saturated heterocycles. The van der Waals surface area contributed by atoms with Gasteiger partial charge < -0.3 is 10.1 Å². The van der Waals surface area contributed by atoms with Crippen LogP contribution in [0.15, 0.2) is 0 Å². The Hall–Kier alpha value is -1.36. The highest BCUT2D eigenvalue weighted by atomic mass is 32.1. The van der Waals surface area contributed by atoms with Gasteiger partial charge in [-0.3, -0.25) is 0 Å². The maximum absolute atomic E-state index is 10.9. The van der Waals surface area contributed by atoms with E-state index in [4.69, 9.17) is 5.11 Å². The van der Waals surface area contributed by atoms with E-state index < -0.39 is 5.97 Å². The topological polar surface area (TPSA) is 66.0 Å². The van der Waals surface area contributed by atoms with E-state index >= 15 is 0 Å². The number of hydrogen-bond acceptors (Lipinski definition) is 3. The van der Waals surface area contributed by atoms with Crippen molar-refractivity contribution < 1.29 is 9.90 Å². The Kier molecular flexibility index (Phi) is 1.63. The van der Waals surface area contributed by atoms with Crippen molar-refractivity contribution in [3.05, 3.63) is 16.3 Å². The van der Waals surface area contributed by atoms with E-state index in [-0.39, 0.29) is 0 Å². The number of rotatable bonds is 1. The molecule has 0 bridgehead atoms. The van der Waals surface area contributed by atoms with Crippen LogP contribution in [0, 0.1) is 13.8 Å². The molecule has 0 aromatic carbocycles. The van der Waals surface area contributed by atoms with E-state index in [1.807, 2.05) is 6.92 Å². The predicted octanol–water partition coefficient (Wildman–Crippen LogP) is 1.94. The largest absolute Gasteiger partial charge is 0.478 e. The molecule has 4 nitrogen and oxygen atoms in total. The van der Waals surface area contributed by atoms with Gasteiger partial charge in [-0.2, -0.15) is 0 Å². The van der Waals surface area contributed by atoms with Crippen LogP contribution >= 0.6 is 11.3 Å². The molecule has 0 aliphatic carbocycles. The molecule has 2 rings (SSSR count). The number of carboxylic acid groups (broad SMARTS) is 1. The number of hydrogen-bond donors (Lipinski definition) is 2. The van der Waals surface area contributed by atoms with Crippen molar-refractivity contribution in [3.8, 4) is 0 Å². The lowest BCUT2D eigenvalue weighted by atomic mass is 10.2. The van der Waals surface area contributed by atoms with Gasteiger partial charge in [0.05, 0.1) is 5.01 Å². The molecular weight excluding hydrogens is 188 g/mol. The zero-order chi connectivity index (χ0) is 9.59. The fourth-order valence-electron chi connectivity index (χ4n) is 1.35. The summed E-state index contributed by atoms with van der Waals surface area (Å²) in [7, 11) is 0. The van der Waals surface area contributed by atoms with Gasteiger partial charge in [0.25, 0.3) is 0 Å². The highest BCUT2D eigenvalue weighted by molar-refractivity contribution is 7.18.